The summed E-state index contributed by atoms with van der Waals surface area (Å²) in [6.45, 7) is 2.21. The van der Waals surface area contributed by atoms with Gasteiger partial charge in [-0.3, -0.25) is 0 Å². The third-order valence-corrected chi connectivity index (χ3v) is 6.38. The zero-order chi connectivity index (χ0) is 23.9. The van der Waals surface area contributed by atoms with E-state index in [-0.39, 0.29) is 10.8 Å². The molecule has 172 valence electrons. The molecule has 3 heteroatoms. The molecule has 34 heavy (non-hydrogen) atoms. The van der Waals surface area contributed by atoms with Crippen LogP contribution in [0.2, 0.25) is 5.02 Å². The highest BCUT2D eigenvalue weighted by Gasteiger charge is 2.09. The molecule has 4 rings (SSSR count). The van der Waals surface area contributed by atoms with E-state index in [4.69, 9.17) is 11.6 Å². The predicted octanol–water partition coefficient (Wildman–Crippen LogP) is 8.69. The monoisotopic (exact) mass is 472 g/mol. The van der Waals surface area contributed by atoms with Crippen LogP contribution in [0.3, 0.4) is 0 Å². The minimum Gasteiger partial charge on any atom is -0.206 e. The number of hydrogen-bond acceptors (Lipinski definition) is 0. The van der Waals surface area contributed by atoms with Crippen molar-refractivity contribution in [3.63, 3.8) is 0 Å². The van der Waals surface area contributed by atoms with Gasteiger partial charge in [0.25, 0.3) is 0 Å². The molecule has 0 aliphatic carbocycles. The van der Waals surface area contributed by atoms with Crippen LogP contribution in [0.25, 0.3) is 10.8 Å². The van der Waals surface area contributed by atoms with Gasteiger partial charge in [-0.25, -0.2) is 8.78 Å². The van der Waals surface area contributed by atoms with E-state index in [0.29, 0.717) is 23.8 Å². The lowest BCUT2D eigenvalue weighted by atomic mass is 9.99. The highest BCUT2D eigenvalue weighted by atomic mass is 35.5. The molecule has 0 spiro atoms. The van der Waals surface area contributed by atoms with Crippen molar-refractivity contribution in [3.8, 4) is 11.8 Å². The Morgan fingerprint density at radius 2 is 1.44 bits per heavy atom. The molecular weight excluding hydrogens is 446 g/mol. The van der Waals surface area contributed by atoms with Crippen LogP contribution in [0, 0.1) is 23.5 Å². The van der Waals surface area contributed by atoms with E-state index >= 15 is 4.39 Å². The maximum absolute atomic E-state index is 15.1. The van der Waals surface area contributed by atoms with Crippen LogP contribution >= 0.6 is 11.6 Å². The van der Waals surface area contributed by atoms with Gasteiger partial charge in [0.15, 0.2) is 0 Å². The van der Waals surface area contributed by atoms with Crippen LogP contribution in [0.1, 0.15) is 54.0 Å². The molecule has 0 saturated carbocycles. The first-order valence-electron chi connectivity index (χ1n) is 11.8. The number of fused-ring (bicyclic) bond motifs is 1. The summed E-state index contributed by atoms with van der Waals surface area (Å²) in [6.07, 6.45) is 5.84. The van der Waals surface area contributed by atoms with Crippen LogP contribution in [-0.4, -0.2) is 0 Å². The summed E-state index contributed by atoms with van der Waals surface area (Å²) < 4.78 is 28.8. The number of unbranched alkanes of at least 4 members (excludes halogenated alkanes) is 2. The number of benzene rings is 4. The fourth-order valence-electron chi connectivity index (χ4n) is 4.06. The summed E-state index contributed by atoms with van der Waals surface area (Å²) in [7, 11) is 0. The molecule has 0 heterocycles. The molecule has 4 aromatic carbocycles. The van der Waals surface area contributed by atoms with E-state index in [2.05, 4.69) is 43.0 Å². The van der Waals surface area contributed by atoms with Crippen LogP contribution in [0.4, 0.5) is 8.78 Å². The van der Waals surface area contributed by atoms with Crippen LogP contribution in [0.5, 0.6) is 0 Å². The Balaban J connectivity index is 1.46. The second kappa shape index (κ2) is 11.3. The fraction of sp³-hybridized carbons (Fsp3) is 0.226. The highest BCUT2D eigenvalue weighted by Crippen LogP contribution is 2.24. The Morgan fingerprint density at radius 3 is 2.21 bits per heavy atom. The second-order valence-corrected chi connectivity index (χ2v) is 9.03. The van der Waals surface area contributed by atoms with Crippen LogP contribution in [-0.2, 0) is 19.3 Å². The van der Waals surface area contributed by atoms with E-state index < -0.39 is 5.82 Å². The van der Waals surface area contributed by atoms with Gasteiger partial charge in [-0.1, -0.05) is 79.6 Å². The molecule has 0 N–H and O–H groups in total. The van der Waals surface area contributed by atoms with Crippen molar-refractivity contribution in [1.29, 1.82) is 0 Å². The molecule has 0 nitrogen and oxygen atoms in total. The zero-order valence-corrected chi connectivity index (χ0v) is 20.1. The lowest BCUT2D eigenvalue weighted by molar-refractivity contribution is 0.617. The van der Waals surface area contributed by atoms with Gasteiger partial charge in [0.2, 0.25) is 0 Å². The predicted molar refractivity (Wildman–Crippen MR) is 138 cm³/mol. The number of rotatable bonds is 7. The molecule has 0 aliphatic heterocycles. The summed E-state index contributed by atoms with van der Waals surface area (Å²) in [4.78, 5) is 0. The van der Waals surface area contributed by atoms with Gasteiger partial charge in [-0.05, 0) is 84.2 Å². The molecule has 0 saturated heterocycles. The van der Waals surface area contributed by atoms with E-state index in [0.717, 1.165) is 28.5 Å². The van der Waals surface area contributed by atoms with E-state index in [1.165, 1.54) is 37.0 Å². The van der Waals surface area contributed by atoms with Crippen molar-refractivity contribution in [2.45, 2.75) is 45.4 Å². The fourth-order valence-corrected chi connectivity index (χ4v) is 4.18. The molecule has 0 unspecified atom stereocenters. The van der Waals surface area contributed by atoms with Gasteiger partial charge in [0.1, 0.15) is 11.6 Å². The van der Waals surface area contributed by atoms with Crippen molar-refractivity contribution in [3.05, 3.63) is 117 Å². The van der Waals surface area contributed by atoms with Gasteiger partial charge < -0.3 is 0 Å². The Kier molecular flexibility index (Phi) is 7.99. The molecule has 0 bridgehead atoms. The molecule has 0 fully saturated rings. The molecular formula is C31H27ClF2. The second-order valence-electron chi connectivity index (χ2n) is 8.63. The van der Waals surface area contributed by atoms with Crippen molar-refractivity contribution in [1.82, 2.24) is 0 Å². The SMILES string of the molecule is CCCCCc1ccc(C#Cc2ccc3c(F)c(CCc4ccc(Cl)c(F)c4)ccc3c2)cc1. The molecule has 0 radical (unpaired) electrons. The first kappa shape index (κ1) is 24.0. The van der Waals surface area contributed by atoms with Gasteiger partial charge >= 0.3 is 0 Å². The van der Waals surface area contributed by atoms with Crippen molar-refractivity contribution < 1.29 is 8.78 Å². The summed E-state index contributed by atoms with van der Waals surface area (Å²) in [5, 5.41) is 1.48. The molecule has 0 aromatic heterocycles. The third kappa shape index (κ3) is 6.04. The van der Waals surface area contributed by atoms with Crippen molar-refractivity contribution >= 4 is 22.4 Å². The first-order valence-corrected chi connectivity index (χ1v) is 12.2. The van der Waals surface area contributed by atoms with Crippen LogP contribution in [0.15, 0.2) is 72.8 Å². The first-order chi connectivity index (χ1) is 16.5. The average molecular weight is 473 g/mol. The number of halogens is 3. The minimum absolute atomic E-state index is 0.0963. The maximum atomic E-state index is 15.1. The lowest BCUT2D eigenvalue weighted by Crippen LogP contribution is -1.97. The normalized spacial score (nSPS) is 10.8. The number of hydrogen-bond donors (Lipinski definition) is 0. The summed E-state index contributed by atoms with van der Waals surface area (Å²) in [5.74, 6) is 5.73. The minimum atomic E-state index is -0.449. The van der Waals surface area contributed by atoms with Gasteiger partial charge in [0, 0.05) is 16.5 Å². The highest BCUT2D eigenvalue weighted by molar-refractivity contribution is 6.30. The Bertz CT molecular complexity index is 1340. The maximum Gasteiger partial charge on any atom is 0.142 e. The summed E-state index contributed by atoms with van der Waals surface area (Å²) in [5.41, 5.74) is 4.57. The molecule has 0 amide bonds. The number of aryl methyl sites for hydroxylation is 3. The van der Waals surface area contributed by atoms with E-state index in [1.807, 2.05) is 18.2 Å². The standard InChI is InChI=1S/C31H27ClF2/c1-2-3-4-5-22-6-8-23(9-7-22)10-11-24-13-18-28-27(20-24)17-16-26(31(28)34)15-12-25-14-19-29(32)30(33)21-25/h6-9,13-14,16-21H,2-5,12,15H2,1H3. The lowest BCUT2D eigenvalue weighted by Gasteiger charge is -2.08. The Hall–Kier alpha value is -3.15. The Labute approximate surface area is 205 Å². The quantitative estimate of drug-likeness (QED) is 0.186. The summed E-state index contributed by atoms with van der Waals surface area (Å²) in [6, 6.07) is 22.4. The van der Waals surface area contributed by atoms with Gasteiger partial charge in [-0.15, -0.1) is 0 Å². The largest absolute Gasteiger partial charge is 0.206 e. The van der Waals surface area contributed by atoms with E-state index in [9.17, 15) is 4.39 Å². The molecule has 4 aromatic rings. The van der Waals surface area contributed by atoms with Crippen LogP contribution < -0.4 is 0 Å². The average Bonchev–Trinajstić information content (AvgIpc) is 2.85. The molecule has 0 aliphatic rings. The molecule has 0 atom stereocenters. The van der Waals surface area contributed by atoms with Crippen molar-refractivity contribution in [2.24, 2.45) is 0 Å². The Morgan fingerprint density at radius 1 is 0.706 bits per heavy atom. The summed E-state index contributed by atoms with van der Waals surface area (Å²) >= 11 is 5.74. The van der Waals surface area contributed by atoms with E-state index in [1.54, 1.807) is 18.2 Å². The van der Waals surface area contributed by atoms with Gasteiger partial charge in [0.05, 0.1) is 5.02 Å². The zero-order valence-electron chi connectivity index (χ0n) is 19.3. The smallest absolute Gasteiger partial charge is 0.142 e. The topological polar surface area (TPSA) is 0 Å². The van der Waals surface area contributed by atoms with Crippen molar-refractivity contribution in [2.75, 3.05) is 0 Å². The third-order valence-electron chi connectivity index (χ3n) is 6.08. The van der Waals surface area contributed by atoms with Gasteiger partial charge in [-0.2, -0.15) is 0 Å².